The lowest BCUT2D eigenvalue weighted by Gasteiger charge is -2.39. The van der Waals surface area contributed by atoms with Gasteiger partial charge >= 0.3 is 0 Å². The molecule has 0 spiro atoms. The van der Waals surface area contributed by atoms with Crippen molar-refractivity contribution in [2.45, 2.75) is 31.3 Å². The Bertz CT molecular complexity index is 151. The molecule has 4 nitrogen and oxygen atoms in total. The highest BCUT2D eigenvalue weighted by Crippen LogP contribution is 2.21. The van der Waals surface area contributed by atoms with Crippen LogP contribution in [0.25, 0.3) is 0 Å². The maximum atomic E-state index is 5.49. The fourth-order valence-corrected chi connectivity index (χ4v) is 1.73. The molecule has 0 radical (unpaired) electrons. The zero-order valence-electron chi connectivity index (χ0n) is 8.65. The van der Waals surface area contributed by atoms with Crippen molar-refractivity contribution in [1.29, 1.82) is 0 Å². The minimum atomic E-state index is -0.0521. The van der Waals surface area contributed by atoms with Crippen molar-refractivity contribution in [3.05, 3.63) is 0 Å². The van der Waals surface area contributed by atoms with Gasteiger partial charge in [-0.25, -0.2) is 0 Å². The number of hydrogen-bond donors (Lipinski definition) is 0. The third-order valence-electron chi connectivity index (χ3n) is 2.52. The molecule has 0 unspecified atom stereocenters. The van der Waals surface area contributed by atoms with Crippen LogP contribution in [0.4, 0.5) is 0 Å². The molecule has 1 rings (SSSR count). The lowest BCUT2D eigenvalue weighted by atomic mass is 10.0. The normalized spacial score (nSPS) is 40.6. The molecule has 1 aliphatic heterocycles. The number of hydrogen-bond acceptors (Lipinski definition) is 4. The summed E-state index contributed by atoms with van der Waals surface area (Å²) in [5.74, 6) is 0. The van der Waals surface area contributed by atoms with Crippen LogP contribution in [-0.4, -0.2) is 52.4 Å². The van der Waals surface area contributed by atoms with E-state index < -0.39 is 0 Å². The van der Waals surface area contributed by atoms with Gasteiger partial charge in [-0.3, -0.25) is 0 Å². The van der Waals surface area contributed by atoms with E-state index in [4.69, 9.17) is 18.9 Å². The summed E-state index contributed by atoms with van der Waals surface area (Å²) >= 11 is 0. The standard InChI is InChI=1S/C9H18O4/c1-6-8(11-3)9(12-4)7(10-2)5-13-6/h6-9H,5H2,1-4H3/t6-,7+,8-,9-/m0/s1. The predicted octanol–water partition coefficient (Wildman–Crippen LogP) is 0.450. The van der Waals surface area contributed by atoms with Crippen molar-refractivity contribution in [2.24, 2.45) is 0 Å². The molecule has 0 aromatic carbocycles. The summed E-state index contributed by atoms with van der Waals surface area (Å²) in [6.07, 6.45) is -0.0741. The Hall–Kier alpha value is -0.160. The highest BCUT2D eigenvalue weighted by atomic mass is 16.6. The van der Waals surface area contributed by atoms with E-state index in [1.807, 2.05) is 6.92 Å². The molecule has 0 aromatic rings. The molecular weight excluding hydrogens is 172 g/mol. The molecule has 1 fully saturated rings. The minimum Gasteiger partial charge on any atom is -0.376 e. The quantitative estimate of drug-likeness (QED) is 0.647. The van der Waals surface area contributed by atoms with E-state index in [1.54, 1.807) is 21.3 Å². The summed E-state index contributed by atoms with van der Waals surface area (Å²) in [5.41, 5.74) is 0. The largest absolute Gasteiger partial charge is 0.376 e. The lowest BCUT2D eigenvalue weighted by Crippen LogP contribution is -2.54. The highest BCUT2D eigenvalue weighted by Gasteiger charge is 2.39. The molecule has 4 heteroatoms. The Morgan fingerprint density at radius 3 is 2.08 bits per heavy atom. The Labute approximate surface area is 79.1 Å². The van der Waals surface area contributed by atoms with Gasteiger partial charge in [0, 0.05) is 21.3 Å². The van der Waals surface area contributed by atoms with E-state index in [0.29, 0.717) is 6.61 Å². The average Bonchev–Trinajstić information content (AvgIpc) is 2.17. The molecule has 78 valence electrons. The molecule has 0 aromatic heterocycles. The van der Waals surface area contributed by atoms with E-state index >= 15 is 0 Å². The van der Waals surface area contributed by atoms with Crippen LogP contribution in [0.15, 0.2) is 0 Å². The van der Waals surface area contributed by atoms with Gasteiger partial charge in [0.05, 0.1) is 12.7 Å². The van der Waals surface area contributed by atoms with E-state index in [0.717, 1.165) is 0 Å². The lowest BCUT2D eigenvalue weighted by molar-refractivity contribution is -0.206. The van der Waals surface area contributed by atoms with E-state index in [9.17, 15) is 0 Å². The van der Waals surface area contributed by atoms with Crippen LogP contribution in [0.5, 0.6) is 0 Å². The van der Waals surface area contributed by atoms with Crippen LogP contribution in [0.3, 0.4) is 0 Å². The smallest absolute Gasteiger partial charge is 0.114 e. The third-order valence-corrected chi connectivity index (χ3v) is 2.52. The number of methoxy groups -OCH3 is 3. The molecule has 4 atom stereocenters. The van der Waals surface area contributed by atoms with E-state index in [2.05, 4.69) is 0 Å². The van der Waals surface area contributed by atoms with Gasteiger partial charge in [-0.1, -0.05) is 0 Å². The Kier molecular flexibility index (Phi) is 4.12. The van der Waals surface area contributed by atoms with Crippen LogP contribution in [-0.2, 0) is 18.9 Å². The van der Waals surface area contributed by atoms with Crippen molar-refractivity contribution in [2.75, 3.05) is 27.9 Å². The summed E-state index contributed by atoms with van der Waals surface area (Å²) in [6.45, 7) is 2.54. The first-order valence-corrected chi connectivity index (χ1v) is 4.44. The maximum absolute atomic E-state index is 5.49. The van der Waals surface area contributed by atoms with Crippen LogP contribution >= 0.6 is 0 Å². The summed E-state index contributed by atoms with van der Waals surface area (Å²) in [5, 5.41) is 0. The minimum absolute atomic E-state index is 0.0360. The molecule has 0 amide bonds. The van der Waals surface area contributed by atoms with Crippen molar-refractivity contribution in [3.63, 3.8) is 0 Å². The number of ether oxygens (including phenoxy) is 4. The van der Waals surface area contributed by atoms with E-state index in [-0.39, 0.29) is 24.4 Å². The van der Waals surface area contributed by atoms with E-state index in [1.165, 1.54) is 0 Å². The van der Waals surface area contributed by atoms with Crippen LogP contribution in [0.1, 0.15) is 6.92 Å². The Balaban J connectivity index is 2.64. The second-order valence-corrected chi connectivity index (χ2v) is 3.21. The van der Waals surface area contributed by atoms with Crippen molar-refractivity contribution in [3.8, 4) is 0 Å². The van der Waals surface area contributed by atoms with Gasteiger partial charge in [-0.15, -0.1) is 0 Å². The summed E-state index contributed by atoms with van der Waals surface area (Å²) in [4.78, 5) is 0. The molecule has 0 bridgehead atoms. The molecule has 1 saturated heterocycles. The van der Waals surface area contributed by atoms with Crippen LogP contribution in [0.2, 0.25) is 0 Å². The first-order valence-electron chi connectivity index (χ1n) is 4.44. The highest BCUT2D eigenvalue weighted by molar-refractivity contribution is 4.87. The Morgan fingerprint density at radius 2 is 1.62 bits per heavy atom. The zero-order valence-corrected chi connectivity index (χ0v) is 8.65. The average molecular weight is 190 g/mol. The van der Waals surface area contributed by atoms with Crippen molar-refractivity contribution in [1.82, 2.24) is 0 Å². The first kappa shape index (κ1) is 10.9. The molecule has 1 aliphatic rings. The fourth-order valence-electron chi connectivity index (χ4n) is 1.73. The Morgan fingerprint density at radius 1 is 1.00 bits per heavy atom. The predicted molar refractivity (Wildman–Crippen MR) is 47.8 cm³/mol. The molecular formula is C9H18O4. The molecule has 0 saturated carbocycles. The second-order valence-electron chi connectivity index (χ2n) is 3.21. The number of rotatable bonds is 3. The van der Waals surface area contributed by atoms with Gasteiger partial charge in [0.2, 0.25) is 0 Å². The summed E-state index contributed by atoms with van der Waals surface area (Å²) in [6, 6.07) is 0. The maximum Gasteiger partial charge on any atom is 0.114 e. The topological polar surface area (TPSA) is 36.9 Å². The van der Waals surface area contributed by atoms with Gasteiger partial charge in [-0.2, -0.15) is 0 Å². The van der Waals surface area contributed by atoms with Crippen molar-refractivity contribution >= 4 is 0 Å². The van der Waals surface area contributed by atoms with Crippen molar-refractivity contribution < 1.29 is 18.9 Å². The van der Waals surface area contributed by atoms with Gasteiger partial charge in [0.1, 0.15) is 18.3 Å². The van der Waals surface area contributed by atoms with Gasteiger partial charge in [0.15, 0.2) is 0 Å². The summed E-state index contributed by atoms with van der Waals surface area (Å²) < 4.78 is 21.4. The first-order chi connectivity index (χ1) is 6.24. The second kappa shape index (κ2) is 4.91. The fraction of sp³-hybridized carbons (Fsp3) is 1.00. The zero-order chi connectivity index (χ0) is 9.84. The third kappa shape index (κ3) is 2.20. The molecule has 1 heterocycles. The molecule has 13 heavy (non-hydrogen) atoms. The van der Waals surface area contributed by atoms with Crippen LogP contribution in [0, 0.1) is 0 Å². The summed E-state index contributed by atoms with van der Waals surface area (Å²) in [7, 11) is 4.98. The molecule has 0 aliphatic carbocycles. The monoisotopic (exact) mass is 190 g/mol. The van der Waals surface area contributed by atoms with Gasteiger partial charge < -0.3 is 18.9 Å². The van der Waals surface area contributed by atoms with Crippen LogP contribution < -0.4 is 0 Å². The molecule has 0 N–H and O–H groups in total. The van der Waals surface area contributed by atoms with Gasteiger partial charge in [0.25, 0.3) is 0 Å². The van der Waals surface area contributed by atoms with Gasteiger partial charge in [-0.05, 0) is 6.92 Å². The SMILES string of the molecule is CO[C@@H]1[C@@H](OC)[C@H](OC)CO[C@H]1C.